The van der Waals surface area contributed by atoms with Crippen molar-refractivity contribution in [1.29, 1.82) is 0 Å². The first-order valence-corrected chi connectivity index (χ1v) is 6.13. The fourth-order valence-electron chi connectivity index (χ4n) is 2.00. The number of fused-ring (bicyclic) bond motifs is 1. The number of benzene rings is 1. The lowest BCUT2D eigenvalue weighted by atomic mass is 10.2. The molecule has 1 aliphatic heterocycles. The summed E-state index contributed by atoms with van der Waals surface area (Å²) in [6.45, 7) is 4.27. The number of aryl methyl sites for hydroxylation is 1. The van der Waals surface area contributed by atoms with Crippen LogP contribution in [0.1, 0.15) is 12.5 Å². The van der Waals surface area contributed by atoms with E-state index in [1.165, 1.54) is 5.56 Å². The van der Waals surface area contributed by atoms with Gasteiger partial charge in [0.25, 0.3) is 0 Å². The molecule has 18 heavy (non-hydrogen) atoms. The summed E-state index contributed by atoms with van der Waals surface area (Å²) in [4.78, 5) is 0. The number of hydrogen-bond donors (Lipinski definition) is 1. The highest BCUT2D eigenvalue weighted by Gasteiger charge is 2.12. The lowest BCUT2D eigenvalue weighted by Crippen LogP contribution is -1.98. The van der Waals surface area contributed by atoms with Gasteiger partial charge in [-0.2, -0.15) is 0 Å². The molecule has 2 heterocycles. The summed E-state index contributed by atoms with van der Waals surface area (Å²) in [5.41, 5.74) is 2.32. The van der Waals surface area contributed by atoms with Crippen molar-refractivity contribution in [3.8, 4) is 11.5 Å². The minimum atomic E-state index is 0.318. The maximum absolute atomic E-state index is 5.35. The molecule has 0 saturated carbocycles. The zero-order chi connectivity index (χ0) is 12.4. The number of rotatable bonds is 4. The van der Waals surface area contributed by atoms with E-state index in [0.717, 1.165) is 30.3 Å². The third-order valence-corrected chi connectivity index (χ3v) is 3.05. The molecule has 0 fully saturated rings. The van der Waals surface area contributed by atoms with Gasteiger partial charge in [-0.3, -0.25) is 0 Å². The minimum absolute atomic E-state index is 0.318. The van der Waals surface area contributed by atoms with Crippen LogP contribution in [-0.4, -0.2) is 11.4 Å². The molecule has 3 rings (SSSR count). The summed E-state index contributed by atoms with van der Waals surface area (Å²) >= 11 is 0. The van der Waals surface area contributed by atoms with Gasteiger partial charge in [-0.1, -0.05) is 0 Å². The monoisotopic (exact) mass is 244 g/mol. The van der Waals surface area contributed by atoms with Crippen LogP contribution in [-0.2, 0) is 13.1 Å². The quantitative estimate of drug-likeness (QED) is 0.898. The molecular formula is C14H16N2O2. The average molecular weight is 244 g/mol. The first kappa shape index (κ1) is 11.0. The molecule has 1 aromatic carbocycles. The highest BCUT2D eigenvalue weighted by atomic mass is 16.7. The van der Waals surface area contributed by atoms with E-state index in [1.807, 2.05) is 18.2 Å². The predicted molar refractivity (Wildman–Crippen MR) is 70.0 cm³/mol. The zero-order valence-electron chi connectivity index (χ0n) is 10.3. The molecular weight excluding hydrogens is 228 g/mol. The fraction of sp³-hybridized carbons (Fsp3) is 0.286. The summed E-state index contributed by atoms with van der Waals surface area (Å²) in [5, 5.41) is 3.38. The van der Waals surface area contributed by atoms with Crippen molar-refractivity contribution in [1.82, 2.24) is 4.57 Å². The Morgan fingerprint density at radius 3 is 2.94 bits per heavy atom. The van der Waals surface area contributed by atoms with Gasteiger partial charge in [-0.25, -0.2) is 0 Å². The van der Waals surface area contributed by atoms with Crippen LogP contribution in [0.15, 0.2) is 36.7 Å². The van der Waals surface area contributed by atoms with Crippen molar-refractivity contribution in [3.63, 3.8) is 0 Å². The molecule has 0 atom stereocenters. The number of aromatic nitrogens is 1. The molecule has 0 saturated heterocycles. The lowest BCUT2D eigenvalue weighted by Gasteiger charge is -2.06. The highest BCUT2D eigenvalue weighted by molar-refractivity contribution is 5.55. The third kappa shape index (κ3) is 2.14. The Balaban J connectivity index is 1.66. The SMILES string of the molecule is CCn1ccc(CNc2ccc3c(c2)OCO3)c1. The molecule has 94 valence electrons. The van der Waals surface area contributed by atoms with Crippen molar-refractivity contribution in [2.24, 2.45) is 0 Å². The van der Waals surface area contributed by atoms with Gasteiger partial charge in [-0.05, 0) is 30.7 Å². The largest absolute Gasteiger partial charge is 0.454 e. The maximum atomic E-state index is 5.35. The second kappa shape index (κ2) is 4.64. The molecule has 4 nitrogen and oxygen atoms in total. The van der Waals surface area contributed by atoms with Gasteiger partial charge in [0.05, 0.1) is 0 Å². The summed E-state index contributed by atoms with van der Waals surface area (Å²) in [5.74, 6) is 1.63. The third-order valence-electron chi connectivity index (χ3n) is 3.05. The van der Waals surface area contributed by atoms with Crippen LogP contribution in [0.3, 0.4) is 0 Å². The first-order chi connectivity index (χ1) is 8.85. The van der Waals surface area contributed by atoms with E-state index in [9.17, 15) is 0 Å². The molecule has 0 spiro atoms. The number of nitrogens with zero attached hydrogens (tertiary/aromatic N) is 1. The zero-order valence-corrected chi connectivity index (χ0v) is 10.3. The number of ether oxygens (including phenoxy) is 2. The van der Waals surface area contributed by atoms with E-state index in [0.29, 0.717) is 6.79 Å². The Bertz CT molecular complexity index is 548. The van der Waals surface area contributed by atoms with E-state index in [2.05, 4.69) is 35.3 Å². The van der Waals surface area contributed by atoms with Crippen LogP contribution < -0.4 is 14.8 Å². The topological polar surface area (TPSA) is 35.4 Å². The normalized spacial score (nSPS) is 12.7. The summed E-state index contributed by atoms with van der Waals surface area (Å²) in [6, 6.07) is 8.04. The molecule has 1 aromatic heterocycles. The molecule has 0 aliphatic carbocycles. The maximum Gasteiger partial charge on any atom is 0.231 e. The highest BCUT2D eigenvalue weighted by Crippen LogP contribution is 2.34. The van der Waals surface area contributed by atoms with Gasteiger partial charge >= 0.3 is 0 Å². The van der Waals surface area contributed by atoms with Crippen LogP contribution in [0, 0.1) is 0 Å². The van der Waals surface area contributed by atoms with Gasteiger partial charge in [0.1, 0.15) is 0 Å². The standard InChI is InChI=1S/C14H16N2O2/c1-2-16-6-5-11(9-16)8-15-12-3-4-13-14(7-12)18-10-17-13/h3-7,9,15H,2,8,10H2,1H3. The Labute approximate surface area is 106 Å². The molecule has 2 aromatic rings. The fourth-order valence-corrected chi connectivity index (χ4v) is 2.00. The van der Waals surface area contributed by atoms with E-state index in [-0.39, 0.29) is 0 Å². The minimum Gasteiger partial charge on any atom is -0.454 e. The van der Waals surface area contributed by atoms with E-state index in [1.54, 1.807) is 0 Å². The van der Waals surface area contributed by atoms with Crippen molar-refractivity contribution >= 4 is 5.69 Å². The molecule has 0 unspecified atom stereocenters. The Morgan fingerprint density at radius 2 is 2.11 bits per heavy atom. The van der Waals surface area contributed by atoms with Crippen LogP contribution in [0.4, 0.5) is 5.69 Å². The second-order valence-corrected chi connectivity index (χ2v) is 4.27. The molecule has 0 radical (unpaired) electrons. The van der Waals surface area contributed by atoms with Crippen molar-refractivity contribution in [3.05, 3.63) is 42.2 Å². The molecule has 0 amide bonds. The van der Waals surface area contributed by atoms with Gasteiger partial charge < -0.3 is 19.4 Å². The van der Waals surface area contributed by atoms with Crippen LogP contribution in [0.25, 0.3) is 0 Å². The van der Waals surface area contributed by atoms with Gasteiger partial charge in [-0.15, -0.1) is 0 Å². The van der Waals surface area contributed by atoms with E-state index in [4.69, 9.17) is 9.47 Å². The Kier molecular flexibility index (Phi) is 2.84. The van der Waals surface area contributed by atoms with Crippen LogP contribution in [0.5, 0.6) is 11.5 Å². The number of anilines is 1. The van der Waals surface area contributed by atoms with Crippen molar-refractivity contribution in [2.75, 3.05) is 12.1 Å². The molecule has 0 bridgehead atoms. The number of hydrogen-bond acceptors (Lipinski definition) is 3. The smallest absolute Gasteiger partial charge is 0.231 e. The molecule has 1 aliphatic rings. The summed E-state index contributed by atoms with van der Waals surface area (Å²) < 4.78 is 12.8. The number of nitrogens with one attached hydrogen (secondary N) is 1. The van der Waals surface area contributed by atoms with Gasteiger partial charge in [0.15, 0.2) is 11.5 Å². The predicted octanol–water partition coefficient (Wildman–Crippen LogP) is 2.85. The van der Waals surface area contributed by atoms with Gasteiger partial charge in [0.2, 0.25) is 6.79 Å². The molecule has 4 heteroatoms. The van der Waals surface area contributed by atoms with E-state index >= 15 is 0 Å². The first-order valence-electron chi connectivity index (χ1n) is 6.13. The summed E-state index contributed by atoms with van der Waals surface area (Å²) in [7, 11) is 0. The van der Waals surface area contributed by atoms with Crippen LogP contribution in [0.2, 0.25) is 0 Å². The van der Waals surface area contributed by atoms with Crippen LogP contribution >= 0.6 is 0 Å². The molecule has 1 N–H and O–H groups in total. The van der Waals surface area contributed by atoms with Crippen molar-refractivity contribution < 1.29 is 9.47 Å². The van der Waals surface area contributed by atoms with Crippen molar-refractivity contribution in [2.45, 2.75) is 20.0 Å². The average Bonchev–Trinajstić information content (AvgIpc) is 3.04. The van der Waals surface area contributed by atoms with Gasteiger partial charge in [0, 0.05) is 37.2 Å². The summed E-state index contributed by atoms with van der Waals surface area (Å²) in [6.07, 6.45) is 4.25. The Morgan fingerprint density at radius 1 is 1.22 bits per heavy atom. The Hall–Kier alpha value is -2.10. The van der Waals surface area contributed by atoms with E-state index < -0.39 is 0 Å². The second-order valence-electron chi connectivity index (χ2n) is 4.27. The lowest BCUT2D eigenvalue weighted by molar-refractivity contribution is 0.174.